The van der Waals surface area contributed by atoms with Crippen LogP contribution in [0.2, 0.25) is 0 Å². The Morgan fingerprint density at radius 2 is 1.90 bits per heavy atom. The summed E-state index contributed by atoms with van der Waals surface area (Å²) in [6.07, 6.45) is 0. The van der Waals surface area contributed by atoms with E-state index >= 15 is 0 Å². The molecule has 1 heterocycles. The summed E-state index contributed by atoms with van der Waals surface area (Å²) in [6.45, 7) is 0.368. The summed E-state index contributed by atoms with van der Waals surface area (Å²) in [5.74, 6) is -0.296. The molecule has 0 N–H and O–H groups in total. The maximum Gasteiger partial charge on any atom is 0.346 e. The molecular weight excluding hydrogens is 271 g/mol. The quantitative estimate of drug-likeness (QED) is 0.727. The summed E-state index contributed by atoms with van der Waals surface area (Å²) in [5.41, 5.74) is 2.17. The van der Waals surface area contributed by atoms with Crippen LogP contribution in [0.15, 0.2) is 48.5 Å². The second kappa shape index (κ2) is 5.32. The van der Waals surface area contributed by atoms with Crippen LogP contribution in [-0.2, 0) is 6.54 Å². The van der Waals surface area contributed by atoms with E-state index in [1.807, 2.05) is 12.1 Å². The molecule has 2 aromatic carbocycles. The Morgan fingerprint density at radius 1 is 1.19 bits per heavy atom. The Labute approximate surface area is 120 Å². The lowest BCUT2D eigenvalue weighted by molar-refractivity contribution is 0.206. The van der Waals surface area contributed by atoms with Crippen molar-refractivity contribution in [1.29, 1.82) is 0 Å². The first-order chi connectivity index (χ1) is 10.1. The minimum absolute atomic E-state index is 0.284. The van der Waals surface area contributed by atoms with Gasteiger partial charge in [-0.3, -0.25) is 0 Å². The number of aromatic nitrogens is 3. The Morgan fingerprint density at radius 3 is 2.67 bits per heavy atom. The van der Waals surface area contributed by atoms with E-state index in [0.29, 0.717) is 17.6 Å². The van der Waals surface area contributed by atoms with Crippen LogP contribution >= 0.6 is 0 Å². The highest BCUT2D eigenvalue weighted by molar-refractivity contribution is 5.87. The van der Waals surface area contributed by atoms with Crippen molar-refractivity contribution in [3.8, 4) is 0 Å². The number of hydrogen-bond acceptors (Lipinski definition) is 3. The first kappa shape index (κ1) is 13.2. The van der Waals surface area contributed by atoms with E-state index in [0.717, 1.165) is 5.56 Å². The van der Waals surface area contributed by atoms with E-state index in [4.69, 9.17) is 0 Å². The number of rotatable bonds is 2. The number of carbonyl (C=O) groups is 1. The van der Waals surface area contributed by atoms with Crippen molar-refractivity contribution in [1.82, 2.24) is 19.9 Å². The van der Waals surface area contributed by atoms with E-state index in [9.17, 15) is 9.18 Å². The Hall–Kier alpha value is -2.76. The second-order valence-electron chi connectivity index (χ2n) is 4.76. The number of nitrogens with zero attached hydrogens (tertiary/aromatic N) is 4. The highest BCUT2D eigenvalue weighted by Gasteiger charge is 2.16. The molecule has 0 bridgehead atoms. The summed E-state index contributed by atoms with van der Waals surface area (Å²) in [6, 6.07) is 13.0. The molecule has 0 saturated heterocycles. The molecule has 0 aliphatic heterocycles. The summed E-state index contributed by atoms with van der Waals surface area (Å²) >= 11 is 0. The molecule has 106 valence electrons. The first-order valence-electron chi connectivity index (χ1n) is 6.45. The van der Waals surface area contributed by atoms with E-state index in [1.165, 1.54) is 21.7 Å². The van der Waals surface area contributed by atoms with Crippen LogP contribution in [0.1, 0.15) is 5.56 Å². The van der Waals surface area contributed by atoms with Crippen molar-refractivity contribution in [2.24, 2.45) is 0 Å². The molecule has 1 amide bonds. The van der Waals surface area contributed by atoms with Crippen molar-refractivity contribution in [3.63, 3.8) is 0 Å². The standard InChI is InChI=1S/C15H13FN4O/c1-19(10-11-6-8-12(16)9-7-11)15(21)20-14-5-3-2-4-13(14)17-18-20/h2-9H,10H2,1H3. The molecule has 6 heteroatoms. The molecule has 0 unspecified atom stereocenters. The molecule has 0 atom stereocenters. The highest BCUT2D eigenvalue weighted by Crippen LogP contribution is 2.12. The minimum atomic E-state index is -0.296. The van der Waals surface area contributed by atoms with Crippen LogP contribution in [0, 0.1) is 5.82 Å². The van der Waals surface area contributed by atoms with Crippen LogP contribution in [-0.4, -0.2) is 33.0 Å². The fourth-order valence-electron chi connectivity index (χ4n) is 2.10. The van der Waals surface area contributed by atoms with E-state index < -0.39 is 0 Å². The zero-order chi connectivity index (χ0) is 14.8. The van der Waals surface area contributed by atoms with Crippen LogP contribution in [0.5, 0.6) is 0 Å². The Kier molecular flexibility index (Phi) is 3.35. The van der Waals surface area contributed by atoms with Crippen molar-refractivity contribution in [3.05, 3.63) is 59.9 Å². The fraction of sp³-hybridized carbons (Fsp3) is 0.133. The summed E-state index contributed by atoms with van der Waals surface area (Å²) in [5, 5.41) is 7.84. The van der Waals surface area contributed by atoms with Gasteiger partial charge in [-0.05, 0) is 29.8 Å². The van der Waals surface area contributed by atoms with E-state index in [2.05, 4.69) is 10.3 Å². The van der Waals surface area contributed by atoms with Gasteiger partial charge in [-0.2, -0.15) is 4.68 Å². The molecule has 0 aliphatic rings. The molecule has 0 fully saturated rings. The normalized spacial score (nSPS) is 10.8. The van der Waals surface area contributed by atoms with Crippen molar-refractivity contribution < 1.29 is 9.18 Å². The molecule has 0 saturated carbocycles. The average molecular weight is 284 g/mol. The van der Waals surface area contributed by atoms with E-state index in [1.54, 1.807) is 31.3 Å². The van der Waals surface area contributed by atoms with Gasteiger partial charge >= 0.3 is 6.03 Å². The molecule has 0 spiro atoms. The fourth-order valence-corrected chi connectivity index (χ4v) is 2.10. The number of hydrogen-bond donors (Lipinski definition) is 0. The van der Waals surface area contributed by atoms with Crippen LogP contribution in [0.4, 0.5) is 9.18 Å². The lowest BCUT2D eigenvalue weighted by Gasteiger charge is -2.16. The van der Waals surface area contributed by atoms with Gasteiger partial charge in [0, 0.05) is 13.6 Å². The van der Waals surface area contributed by atoms with Crippen LogP contribution < -0.4 is 0 Å². The lowest BCUT2D eigenvalue weighted by atomic mass is 10.2. The van der Waals surface area contributed by atoms with Crippen molar-refractivity contribution in [2.45, 2.75) is 6.54 Å². The zero-order valence-corrected chi connectivity index (χ0v) is 11.4. The Balaban J connectivity index is 1.82. The SMILES string of the molecule is CN(Cc1ccc(F)cc1)C(=O)n1nnc2ccccc21. The predicted octanol–water partition coefficient (Wildman–Crippen LogP) is 2.67. The smallest absolute Gasteiger partial charge is 0.322 e. The maximum absolute atomic E-state index is 12.9. The van der Waals surface area contributed by atoms with Gasteiger partial charge in [0.25, 0.3) is 0 Å². The summed E-state index contributed by atoms with van der Waals surface area (Å²) < 4.78 is 14.1. The van der Waals surface area contributed by atoms with Gasteiger partial charge in [-0.1, -0.05) is 29.5 Å². The summed E-state index contributed by atoms with van der Waals surface area (Å²) in [7, 11) is 1.67. The van der Waals surface area contributed by atoms with Crippen molar-refractivity contribution >= 4 is 17.1 Å². The monoisotopic (exact) mass is 284 g/mol. The van der Waals surface area contributed by atoms with Gasteiger partial charge in [0.2, 0.25) is 0 Å². The molecule has 21 heavy (non-hydrogen) atoms. The number of carbonyl (C=O) groups excluding carboxylic acids is 1. The summed E-state index contributed by atoms with van der Waals surface area (Å²) in [4.78, 5) is 13.9. The van der Waals surface area contributed by atoms with Gasteiger partial charge in [0.15, 0.2) is 0 Å². The number of para-hydroxylation sites is 1. The number of benzene rings is 2. The first-order valence-corrected chi connectivity index (χ1v) is 6.45. The molecule has 0 aliphatic carbocycles. The number of amides is 1. The molecule has 1 aromatic heterocycles. The average Bonchev–Trinajstić information content (AvgIpc) is 2.92. The molecule has 5 nitrogen and oxygen atoms in total. The maximum atomic E-state index is 12.9. The largest absolute Gasteiger partial charge is 0.346 e. The number of halogens is 1. The van der Waals surface area contributed by atoms with Gasteiger partial charge in [0.1, 0.15) is 11.3 Å². The van der Waals surface area contributed by atoms with Gasteiger partial charge in [0.05, 0.1) is 5.52 Å². The molecule has 3 aromatic rings. The van der Waals surface area contributed by atoms with Crippen molar-refractivity contribution in [2.75, 3.05) is 7.05 Å². The molecule has 0 radical (unpaired) electrons. The van der Waals surface area contributed by atoms with Gasteiger partial charge in [-0.25, -0.2) is 9.18 Å². The zero-order valence-electron chi connectivity index (χ0n) is 11.4. The topological polar surface area (TPSA) is 51.0 Å². The highest BCUT2D eigenvalue weighted by atomic mass is 19.1. The third kappa shape index (κ3) is 2.60. The van der Waals surface area contributed by atoms with Crippen LogP contribution in [0.25, 0.3) is 11.0 Å². The molecule has 3 rings (SSSR count). The number of fused-ring (bicyclic) bond motifs is 1. The van der Waals surface area contributed by atoms with Crippen LogP contribution in [0.3, 0.4) is 0 Å². The third-order valence-corrected chi connectivity index (χ3v) is 3.19. The lowest BCUT2D eigenvalue weighted by Crippen LogP contribution is -2.31. The van der Waals surface area contributed by atoms with Gasteiger partial charge in [-0.15, -0.1) is 5.10 Å². The Bertz CT molecular complexity index is 782. The minimum Gasteiger partial charge on any atom is -0.322 e. The molecular formula is C15H13FN4O. The van der Waals surface area contributed by atoms with E-state index in [-0.39, 0.29) is 11.8 Å². The van der Waals surface area contributed by atoms with Gasteiger partial charge < -0.3 is 4.90 Å². The predicted molar refractivity (Wildman–Crippen MR) is 76.2 cm³/mol. The second-order valence-corrected chi connectivity index (χ2v) is 4.76. The third-order valence-electron chi connectivity index (χ3n) is 3.19.